The summed E-state index contributed by atoms with van der Waals surface area (Å²) in [6.07, 6.45) is 5.96. The molecule has 3 aliphatic rings. The maximum Gasteiger partial charge on any atom is 0.0960 e. The first-order valence-electron chi connectivity index (χ1n) is 6.77. The van der Waals surface area contributed by atoms with Crippen molar-refractivity contribution in [2.45, 2.75) is 11.4 Å². The molecule has 100 valence electrons. The number of ether oxygens (including phenoxy) is 1. The predicted molar refractivity (Wildman–Crippen MR) is 76.9 cm³/mol. The van der Waals surface area contributed by atoms with Crippen molar-refractivity contribution in [1.82, 2.24) is 15.2 Å². The number of hydrogen-bond acceptors (Lipinski definition) is 5. The number of hydrogen-bond donors (Lipinski definition) is 1. The van der Waals surface area contributed by atoms with Gasteiger partial charge in [-0.2, -0.15) is 0 Å². The maximum atomic E-state index is 5.48. The van der Waals surface area contributed by atoms with Gasteiger partial charge in [-0.3, -0.25) is 9.88 Å². The highest BCUT2D eigenvalue weighted by molar-refractivity contribution is 8.00. The normalized spacial score (nSPS) is 30.2. The zero-order valence-electron chi connectivity index (χ0n) is 10.7. The zero-order valence-corrected chi connectivity index (χ0v) is 11.5. The van der Waals surface area contributed by atoms with Gasteiger partial charge in [-0.05, 0) is 16.9 Å². The molecule has 0 bridgehead atoms. The van der Waals surface area contributed by atoms with Gasteiger partial charge in [-0.25, -0.2) is 0 Å². The van der Waals surface area contributed by atoms with E-state index in [-0.39, 0.29) is 0 Å². The molecule has 3 aliphatic heterocycles. The Hall–Kier alpha value is -1.04. The molecule has 4 nitrogen and oxygen atoms in total. The number of aromatic nitrogens is 1. The van der Waals surface area contributed by atoms with Crippen LogP contribution in [0.2, 0.25) is 0 Å². The van der Waals surface area contributed by atoms with Crippen molar-refractivity contribution in [2.24, 2.45) is 0 Å². The molecule has 19 heavy (non-hydrogen) atoms. The summed E-state index contributed by atoms with van der Waals surface area (Å²) in [5.41, 5.74) is 1.53. The Morgan fingerprint density at radius 1 is 1.37 bits per heavy atom. The van der Waals surface area contributed by atoms with E-state index in [2.05, 4.69) is 27.5 Å². The molecule has 0 radical (unpaired) electrons. The lowest BCUT2D eigenvalue weighted by Crippen LogP contribution is -2.49. The Labute approximate surface area is 116 Å². The lowest BCUT2D eigenvalue weighted by Gasteiger charge is -2.33. The van der Waals surface area contributed by atoms with Gasteiger partial charge < -0.3 is 10.1 Å². The predicted octanol–water partition coefficient (Wildman–Crippen LogP) is -0.653. The summed E-state index contributed by atoms with van der Waals surface area (Å²) >= 11 is 2.01. The van der Waals surface area contributed by atoms with Crippen LogP contribution in [0.4, 0.5) is 0 Å². The van der Waals surface area contributed by atoms with Crippen LogP contribution in [0.1, 0.15) is 0 Å². The Bertz CT molecular complexity index is 597. The van der Waals surface area contributed by atoms with Crippen LogP contribution < -0.4 is 15.8 Å². The summed E-state index contributed by atoms with van der Waals surface area (Å²) in [5, 5.41) is 6.53. The van der Waals surface area contributed by atoms with Crippen molar-refractivity contribution >= 4 is 23.5 Å². The van der Waals surface area contributed by atoms with Crippen molar-refractivity contribution < 1.29 is 4.74 Å². The van der Waals surface area contributed by atoms with Crippen LogP contribution in [-0.4, -0.2) is 53.4 Å². The minimum atomic E-state index is 0.433. The van der Waals surface area contributed by atoms with Crippen molar-refractivity contribution in [3.63, 3.8) is 0 Å². The van der Waals surface area contributed by atoms with Gasteiger partial charge in [0.25, 0.3) is 0 Å². The van der Waals surface area contributed by atoms with Crippen LogP contribution in [-0.2, 0) is 4.74 Å². The fourth-order valence-corrected chi connectivity index (χ4v) is 4.53. The van der Waals surface area contributed by atoms with Gasteiger partial charge in [0, 0.05) is 48.7 Å². The Morgan fingerprint density at radius 3 is 3.16 bits per heavy atom. The lowest BCUT2D eigenvalue weighted by atomic mass is 10.0. The minimum Gasteiger partial charge on any atom is -0.379 e. The summed E-state index contributed by atoms with van der Waals surface area (Å²) in [6.45, 7) is 3.82. The van der Waals surface area contributed by atoms with Gasteiger partial charge in [0.2, 0.25) is 0 Å². The molecule has 0 saturated carbocycles. The molecule has 0 amide bonds. The Morgan fingerprint density at radius 2 is 2.26 bits per heavy atom. The smallest absolute Gasteiger partial charge is 0.0960 e. The third-order valence-corrected chi connectivity index (χ3v) is 5.33. The first kappa shape index (κ1) is 11.8. The number of fused-ring (bicyclic) bond motifs is 2. The fraction of sp³-hybridized carbons (Fsp3) is 0.500. The molecule has 0 aliphatic carbocycles. The van der Waals surface area contributed by atoms with Crippen LogP contribution in [0.25, 0.3) is 11.8 Å². The van der Waals surface area contributed by atoms with Gasteiger partial charge in [0.15, 0.2) is 0 Å². The molecular formula is C14H17N3OS. The highest BCUT2D eigenvalue weighted by Crippen LogP contribution is 2.34. The molecule has 2 fully saturated rings. The molecule has 1 aromatic rings. The van der Waals surface area contributed by atoms with Gasteiger partial charge >= 0.3 is 0 Å². The Balaban J connectivity index is 1.81. The van der Waals surface area contributed by atoms with Crippen LogP contribution in [0.3, 0.4) is 0 Å². The molecule has 2 atom stereocenters. The monoisotopic (exact) mass is 275 g/mol. The second-order valence-corrected chi connectivity index (χ2v) is 6.24. The molecule has 0 spiro atoms. The lowest BCUT2D eigenvalue weighted by molar-refractivity contribution is 0.0310. The second-order valence-electron chi connectivity index (χ2n) is 5.11. The van der Waals surface area contributed by atoms with E-state index in [1.807, 2.05) is 24.2 Å². The number of thioether (sulfide) groups is 1. The fourth-order valence-electron chi connectivity index (χ4n) is 3.14. The van der Waals surface area contributed by atoms with E-state index < -0.39 is 0 Å². The number of morpholine rings is 1. The standard InChI is InChI=1S/C14H17N3OS/c1-2-15-7-10-8-16-14-13(11(1)10)12(9-19-14)17-3-5-18-6-4-17/h1-2,7-8,12,14,16H,3-6,9H2. The maximum absolute atomic E-state index is 5.48. The Kier molecular flexibility index (Phi) is 2.98. The van der Waals surface area contributed by atoms with E-state index in [0.29, 0.717) is 11.4 Å². The van der Waals surface area contributed by atoms with E-state index in [1.54, 1.807) is 0 Å². The van der Waals surface area contributed by atoms with Crippen molar-refractivity contribution in [1.29, 1.82) is 0 Å². The topological polar surface area (TPSA) is 37.4 Å². The van der Waals surface area contributed by atoms with E-state index in [1.165, 1.54) is 21.8 Å². The average molecular weight is 275 g/mol. The highest BCUT2D eigenvalue weighted by atomic mass is 32.2. The first-order chi connectivity index (χ1) is 9.43. The zero-order chi connectivity index (χ0) is 12.7. The van der Waals surface area contributed by atoms with Crippen molar-refractivity contribution in [3.8, 4) is 0 Å². The number of pyridine rings is 1. The van der Waals surface area contributed by atoms with Crippen LogP contribution in [0.5, 0.6) is 0 Å². The van der Waals surface area contributed by atoms with Gasteiger partial charge in [-0.15, -0.1) is 11.8 Å². The average Bonchev–Trinajstić information content (AvgIpc) is 2.92. The van der Waals surface area contributed by atoms with Crippen molar-refractivity contribution in [3.05, 3.63) is 28.9 Å². The quantitative estimate of drug-likeness (QED) is 0.737. The van der Waals surface area contributed by atoms with E-state index >= 15 is 0 Å². The molecule has 2 unspecified atom stereocenters. The SMILES string of the molecule is C1=c2cnccc2=C2C(N1)SCC2N1CCOCC1. The first-order valence-corrected chi connectivity index (χ1v) is 7.82. The molecule has 4 rings (SSSR count). The van der Waals surface area contributed by atoms with E-state index in [4.69, 9.17) is 4.74 Å². The molecule has 4 heterocycles. The number of nitrogens with zero attached hydrogens (tertiary/aromatic N) is 2. The summed E-state index contributed by atoms with van der Waals surface area (Å²) in [5.74, 6) is 1.17. The molecule has 1 aromatic heterocycles. The van der Waals surface area contributed by atoms with Crippen LogP contribution >= 0.6 is 11.8 Å². The van der Waals surface area contributed by atoms with Gasteiger partial charge in [0.1, 0.15) is 0 Å². The third kappa shape index (κ3) is 1.96. The molecular weight excluding hydrogens is 258 g/mol. The molecule has 0 aromatic carbocycles. The van der Waals surface area contributed by atoms with Crippen LogP contribution in [0.15, 0.2) is 18.5 Å². The molecule has 2 saturated heterocycles. The third-order valence-electron chi connectivity index (χ3n) is 4.10. The highest BCUT2D eigenvalue weighted by Gasteiger charge is 2.36. The number of nitrogens with one attached hydrogen (secondary N) is 1. The summed E-state index contributed by atoms with van der Waals surface area (Å²) in [6, 6.07) is 2.70. The minimum absolute atomic E-state index is 0.433. The number of rotatable bonds is 1. The summed E-state index contributed by atoms with van der Waals surface area (Å²) in [7, 11) is 0. The van der Waals surface area contributed by atoms with E-state index in [9.17, 15) is 0 Å². The summed E-state index contributed by atoms with van der Waals surface area (Å²) in [4.78, 5) is 6.80. The van der Waals surface area contributed by atoms with E-state index in [0.717, 1.165) is 26.3 Å². The molecule has 1 N–H and O–H groups in total. The van der Waals surface area contributed by atoms with Crippen LogP contribution in [0, 0.1) is 0 Å². The largest absolute Gasteiger partial charge is 0.379 e. The summed E-state index contributed by atoms with van der Waals surface area (Å²) < 4.78 is 5.48. The molecule has 5 heteroatoms. The van der Waals surface area contributed by atoms with Gasteiger partial charge in [0.05, 0.1) is 18.6 Å². The van der Waals surface area contributed by atoms with Crippen molar-refractivity contribution in [2.75, 3.05) is 32.1 Å². The van der Waals surface area contributed by atoms with Gasteiger partial charge in [-0.1, -0.05) is 0 Å². The second kappa shape index (κ2) is 4.81.